The molecule has 1 aromatic carbocycles. The first kappa shape index (κ1) is 16.5. The Morgan fingerprint density at radius 1 is 1.33 bits per heavy atom. The summed E-state index contributed by atoms with van der Waals surface area (Å²) in [5.74, 6) is -0.972. The van der Waals surface area contributed by atoms with Crippen LogP contribution < -0.4 is 0 Å². The van der Waals surface area contributed by atoms with Crippen molar-refractivity contribution >= 4 is 5.91 Å². The number of aliphatic hydroxyl groups excluding tert-OH is 1. The van der Waals surface area contributed by atoms with Gasteiger partial charge in [-0.3, -0.25) is 4.79 Å². The second-order valence-corrected chi connectivity index (χ2v) is 5.56. The van der Waals surface area contributed by atoms with Gasteiger partial charge in [0.15, 0.2) is 0 Å². The summed E-state index contributed by atoms with van der Waals surface area (Å²) in [7, 11) is 0. The molecule has 0 saturated carbocycles. The largest absolute Gasteiger partial charge is 0.396 e. The van der Waals surface area contributed by atoms with Crippen LogP contribution in [0.15, 0.2) is 36.9 Å². The van der Waals surface area contributed by atoms with Crippen LogP contribution in [0.5, 0.6) is 0 Å². The Morgan fingerprint density at radius 2 is 2.12 bits per heavy atom. The number of hydrogen-bond acceptors (Lipinski definition) is 5. The van der Waals surface area contributed by atoms with Crippen LogP contribution >= 0.6 is 0 Å². The molecular formula is C17H18FN3O3. The van der Waals surface area contributed by atoms with E-state index in [4.69, 9.17) is 9.84 Å². The number of nitrogens with zero attached hydrogens (tertiary/aromatic N) is 3. The molecule has 1 fully saturated rings. The topological polar surface area (TPSA) is 75.6 Å². The first-order valence-electron chi connectivity index (χ1n) is 7.75. The highest BCUT2D eigenvalue weighted by molar-refractivity contribution is 5.95. The van der Waals surface area contributed by atoms with Crippen LogP contribution in [0.3, 0.4) is 0 Å². The molecule has 0 bridgehead atoms. The fourth-order valence-electron chi connectivity index (χ4n) is 2.78. The van der Waals surface area contributed by atoms with Crippen molar-refractivity contribution in [1.82, 2.24) is 14.9 Å². The molecule has 1 atom stereocenters. The Bertz CT molecular complexity index is 709. The summed E-state index contributed by atoms with van der Waals surface area (Å²) in [6.07, 6.45) is 4.98. The van der Waals surface area contributed by atoms with Crippen molar-refractivity contribution < 1.29 is 19.0 Å². The van der Waals surface area contributed by atoms with Crippen LogP contribution in [0, 0.1) is 5.82 Å². The Hall–Kier alpha value is -2.38. The lowest BCUT2D eigenvalue weighted by Crippen LogP contribution is -2.49. The van der Waals surface area contributed by atoms with Gasteiger partial charge in [-0.15, -0.1) is 0 Å². The number of ether oxygens (including phenoxy) is 1. The molecule has 0 spiro atoms. The van der Waals surface area contributed by atoms with E-state index in [2.05, 4.69) is 9.97 Å². The van der Waals surface area contributed by atoms with Gasteiger partial charge in [0.2, 0.25) is 0 Å². The molecule has 24 heavy (non-hydrogen) atoms. The van der Waals surface area contributed by atoms with Crippen molar-refractivity contribution in [2.45, 2.75) is 12.5 Å². The predicted octanol–water partition coefficient (Wildman–Crippen LogP) is 1.51. The van der Waals surface area contributed by atoms with Crippen molar-refractivity contribution in [2.75, 3.05) is 26.4 Å². The van der Waals surface area contributed by atoms with Gasteiger partial charge in [0.1, 0.15) is 12.1 Å². The van der Waals surface area contributed by atoms with Crippen molar-refractivity contribution in [3.63, 3.8) is 0 Å². The van der Waals surface area contributed by atoms with E-state index in [1.54, 1.807) is 23.4 Å². The van der Waals surface area contributed by atoms with E-state index >= 15 is 0 Å². The number of carbonyl (C=O) groups is 1. The molecule has 1 unspecified atom stereocenters. The van der Waals surface area contributed by atoms with Gasteiger partial charge in [-0.2, -0.15) is 0 Å². The normalized spacial score (nSPS) is 17.8. The maximum atomic E-state index is 14.5. The van der Waals surface area contributed by atoms with Gasteiger partial charge in [0.25, 0.3) is 5.91 Å². The minimum absolute atomic E-state index is 0.0143. The Labute approximate surface area is 138 Å². The number of hydrogen-bond donors (Lipinski definition) is 1. The SMILES string of the molecule is O=C(c1ccc(-c2cncnc2)cc1F)N1CCOCC1CCO. The molecule has 1 N–H and O–H groups in total. The van der Waals surface area contributed by atoms with Gasteiger partial charge in [-0.05, 0) is 24.1 Å². The highest BCUT2D eigenvalue weighted by Crippen LogP contribution is 2.23. The fraction of sp³-hybridized carbons (Fsp3) is 0.353. The average Bonchev–Trinajstić information content (AvgIpc) is 2.62. The summed E-state index contributed by atoms with van der Waals surface area (Å²) in [5, 5.41) is 9.13. The molecule has 3 rings (SSSR count). The van der Waals surface area contributed by atoms with Crippen molar-refractivity contribution in [1.29, 1.82) is 0 Å². The number of carbonyl (C=O) groups excluding carboxylic acids is 1. The van der Waals surface area contributed by atoms with Crippen LogP contribution in [0.4, 0.5) is 4.39 Å². The van der Waals surface area contributed by atoms with Gasteiger partial charge >= 0.3 is 0 Å². The number of rotatable bonds is 4. The maximum Gasteiger partial charge on any atom is 0.257 e. The van der Waals surface area contributed by atoms with Crippen LogP contribution in [-0.4, -0.2) is 58.3 Å². The van der Waals surface area contributed by atoms with E-state index in [1.165, 1.54) is 18.5 Å². The molecule has 1 aromatic heterocycles. The lowest BCUT2D eigenvalue weighted by molar-refractivity contribution is -0.00851. The second-order valence-electron chi connectivity index (χ2n) is 5.56. The van der Waals surface area contributed by atoms with Crippen LogP contribution in [0.25, 0.3) is 11.1 Å². The number of aliphatic hydroxyl groups is 1. The number of morpholine rings is 1. The third kappa shape index (κ3) is 3.42. The van der Waals surface area contributed by atoms with Gasteiger partial charge < -0.3 is 14.7 Å². The number of amides is 1. The van der Waals surface area contributed by atoms with E-state index in [0.29, 0.717) is 37.3 Å². The third-order valence-corrected chi connectivity index (χ3v) is 4.04. The first-order valence-corrected chi connectivity index (χ1v) is 7.75. The highest BCUT2D eigenvalue weighted by Gasteiger charge is 2.29. The molecule has 1 aliphatic heterocycles. The number of benzene rings is 1. The summed E-state index contributed by atoms with van der Waals surface area (Å²) in [6, 6.07) is 4.23. The molecule has 7 heteroatoms. The van der Waals surface area contributed by atoms with Crippen molar-refractivity contribution in [3.8, 4) is 11.1 Å². The van der Waals surface area contributed by atoms with Crippen molar-refractivity contribution in [3.05, 3.63) is 48.3 Å². The second kappa shape index (κ2) is 7.46. The van der Waals surface area contributed by atoms with Gasteiger partial charge in [0, 0.05) is 31.1 Å². The molecule has 2 heterocycles. The number of halogens is 1. The molecule has 0 radical (unpaired) electrons. The van der Waals surface area contributed by atoms with Gasteiger partial charge in [-0.25, -0.2) is 14.4 Å². The predicted molar refractivity (Wildman–Crippen MR) is 84.8 cm³/mol. The lowest BCUT2D eigenvalue weighted by Gasteiger charge is -2.35. The van der Waals surface area contributed by atoms with E-state index in [0.717, 1.165) is 0 Å². The highest BCUT2D eigenvalue weighted by atomic mass is 19.1. The van der Waals surface area contributed by atoms with Crippen LogP contribution in [-0.2, 0) is 4.74 Å². The first-order chi connectivity index (χ1) is 11.7. The summed E-state index contributed by atoms with van der Waals surface area (Å²) >= 11 is 0. The minimum Gasteiger partial charge on any atom is -0.396 e. The standard InChI is InChI=1S/C17H18FN3O3/c18-16-7-12(13-8-19-11-20-9-13)1-2-15(16)17(23)21-4-6-24-10-14(21)3-5-22/h1-2,7-9,11,14,22H,3-6,10H2. The Morgan fingerprint density at radius 3 is 2.83 bits per heavy atom. The van der Waals surface area contributed by atoms with Crippen molar-refractivity contribution in [2.24, 2.45) is 0 Å². The monoisotopic (exact) mass is 331 g/mol. The maximum absolute atomic E-state index is 14.5. The van der Waals surface area contributed by atoms with Crippen LogP contribution in [0.2, 0.25) is 0 Å². The summed E-state index contributed by atoms with van der Waals surface area (Å²) in [5.41, 5.74) is 1.30. The summed E-state index contributed by atoms with van der Waals surface area (Å²) in [4.78, 5) is 22.1. The zero-order valence-corrected chi connectivity index (χ0v) is 13.1. The molecule has 6 nitrogen and oxygen atoms in total. The Kier molecular flexibility index (Phi) is 5.12. The van der Waals surface area contributed by atoms with E-state index in [-0.39, 0.29) is 24.1 Å². The van der Waals surface area contributed by atoms with E-state index < -0.39 is 5.82 Å². The zero-order valence-electron chi connectivity index (χ0n) is 13.1. The summed E-state index contributed by atoms with van der Waals surface area (Å²) in [6.45, 7) is 1.10. The lowest BCUT2D eigenvalue weighted by atomic mass is 10.0. The molecule has 0 aliphatic carbocycles. The van der Waals surface area contributed by atoms with E-state index in [9.17, 15) is 9.18 Å². The fourth-order valence-corrected chi connectivity index (χ4v) is 2.78. The molecule has 2 aromatic rings. The molecule has 1 amide bonds. The molecule has 1 aliphatic rings. The van der Waals surface area contributed by atoms with E-state index in [1.807, 2.05) is 0 Å². The average molecular weight is 331 g/mol. The molecule has 1 saturated heterocycles. The Balaban J connectivity index is 1.85. The number of aromatic nitrogens is 2. The third-order valence-electron chi connectivity index (χ3n) is 4.04. The zero-order chi connectivity index (χ0) is 16.9. The molecule has 126 valence electrons. The van der Waals surface area contributed by atoms with Crippen LogP contribution in [0.1, 0.15) is 16.8 Å². The van der Waals surface area contributed by atoms with Gasteiger partial charge in [-0.1, -0.05) is 6.07 Å². The smallest absolute Gasteiger partial charge is 0.257 e. The molecular weight excluding hydrogens is 313 g/mol. The quantitative estimate of drug-likeness (QED) is 0.919. The minimum atomic E-state index is -0.587. The van der Waals surface area contributed by atoms with Gasteiger partial charge in [0.05, 0.1) is 24.8 Å². The summed E-state index contributed by atoms with van der Waals surface area (Å²) < 4.78 is 19.8.